The molecule has 0 saturated carbocycles. The van der Waals surface area contributed by atoms with E-state index in [1.165, 1.54) is 45.7 Å². The van der Waals surface area contributed by atoms with E-state index in [0.717, 1.165) is 26.1 Å². The summed E-state index contributed by atoms with van der Waals surface area (Å²) in [6.07, 6.45) is 5.41. The molecule has 4 rings (SSSR count). The largest absolute Gasteiger partial charge is 0.361 e. The van der Waals surface area contributed by atoms with Crippen molar-refractivity contribution in [2.45, 2.75) is 65.2 Å². The zero-order chi connectivity index (χ0) is 22.5. The van der Waals surface area contributed by atoms with Crippen LogP contribution in [-0.2, 0) is 11.2 Å². The van der Waals surface area contributed by atoms with Crippen LogP contribution in [0.4, 0.5) is 0 Å². The molecule has 1 aliphatic carbocycles. The Bertz CT molecular complexity index is 905. The Morgan fingerprint density at radius 1 is 1.13 bits per heavy atom. The van der Waals surface area contributed by atoms with Crippen molar-refractivity contribution in [3.63, 3.8) is 0 Å². The smallest absolute Gasteiger partial charge is 0.230 e. The summed E-state index contributed by atoms with van der Waals surface area (Å²) < 4.78 is 0. The second kappa shape index (κ2) is 10.6. The lowest BCUT2D eigenvalue weighted by molar-refractivity contribution is -0.134. The normalized spacial score (nSPS) is 20.2. The van der Waals surface area contributed by atoms with Crippen molar-refractivity contribution < 1.29 is 4.79 Å². The third-order valence-electron chi connectivity index (χ3n) is 7.16. The van der Waals surface area contributed by atoms with Crippen LogP contribution < -0.4 is 0 Å². The maximum atomic E-state index is 12.9. The third kappa shape index (κ3) is 4.83. The van der Waals surface area contributed by atoms with Gasteiger partial charge in [-0.2, -0.15) is 0 Å². The Morgan fingerprint density at radius 3 is 2.39 bits per heavy atom. The molecule has 1 aromatic carbocycles. The highest BCUT2D eigenvalue weighted by atomic mass is 28.3. The standard InChI is InChI=1S/C20H25N3O.C6H15Si/c1-4-23(5-2)20(24)14-9-16-15-7-6-8-17-19(15)13(11-21-17)10-18(16)22(3)12-14;1-4-7(5-2)6-3/h6-9,11,14,18,21H,4-5,10,12H2,1-3H3;4-6H2,1-3H3/t14-,18-;/m1./s1. The molecule has 0 bridgehead atoms. The molecular formula is C26H40N3OSi. The van der Waals surface area contributed by atoms with Crippen molar-refractivity contribution in [2.24, 2.45) is 5.92 Å². The summed E-state index contributed by atoms with van der Waals surface area (Å²) in [5, 5.41) is 1.34. The molecule has 31 heavy (non-hydrogen) atoms. The Labute approximate surface area is 190 Å². The van der Waals surface area contributed by atoms with Gasteiger partial charge in [-0.1, -0.05) is 57.1 Å². The molecule has 1 aliphatic heterocycles. The zero-order valence-corrected chi connectivity index (χ0v) is 21.3. The van der Waals surface area contributed by atoms with E-state index < -0.39 is 0 Å². The van der Waals surface area contributed by atoms with Gasteiger partial charge in [0.25, 0.3) is 0 Å². The van der Waals surface area contributed by atoms with Gasteiger partial charge in [-0.15, -0.1) is 0 Å². The Hall–Kier alpha value is -1.85. The van der Waals surface area contributed by atoms with Gasteiger partial charge in [0.1, 0.15) is 0 Å². The number of carbonyl (C=O) groups is 1. The van der Waals surface area contributed by atoms with Crippen LogP contribution in [0.25, 0.3) is 16.5 Å². The molecule has 2 aromatic rings. The molecule has 4 nitrogen and oxygen atoms in total. The zero-order valence-electron chi connectivity index (χ0n) is 20.3. The summed E-state index contributed by atoms with van der Waals surface area (Å²) in [7, 11) is 2.29. The van der Waals surface area contributed by atoms with E-state index in [-0.39, 0.29) is 20.6 Å². The van der Waals surface area contributed by atoms with E-state index in [9.17, 15) is 4.79 Å². The lowest BCUT2D eigenvalue weighted by Gasteiger charge is -2.40. The van der Waals surface area contributed by atoms with E-state index in [1.807, 2.05) is 4.90 Å². The van der Waals surface area contributed by atoms with Crippen LogP contribution in [0.3, 0.4) is 0 Å². The van der Waals surface area contributed by atoms with Gasteiger partial charge in [0.2, 0.25) is 5.91 Å². The van der Waals surface area contributed by atoms with E-state index >= 15 is 0 Å². The number of likely N-dealkylation sites (N-methyl/N-ethyl adjacent to an activating group) is 1. The van der Waals surface area contributed by atoms with Crippen LogP contribution in [0, 0.1) is 5.92 Å². The highest BCUT2D eigenvalue weighted by Crippen LogP contribution is 2.40. The highest BCUT2D eigenvalue weighted by Gasteiger charge is 2.36. The fourth-order valence-electron chi connectivity index (χ4n) is 5.13. The molecule has 5 heteroatoms. The quantitative estimate of drug-likeness (QED) is 0.609. The number of nitrogens with one attached hydrogen (secondary N) is 1. The number of rotatable bonds is 6. The summed E-state index contributed by atoms with van der Waals surface area (Å²) in [6, 6.07) is 11.2. The average molecular weight is 439 g/mol. The monoisotopic (exact) mass is 438 g/mol. The predicted octanol–water partition coefficient (Wildman–Crippen LogP) is 5.45. The summed E-state index contributed by atoms with van der Waals surface area (Å²) in [5.41, 5.74) is 5.21. The summed E-state index contributed by atoms with van der Waals surface area (Å²) in [5.74, 6) is 0.210. The number of amides is 1. The van der Waals surface area contributed by atoms with Crippen molar-refractivity contribution in [1.29, 1.82) is 0 Å². The number of carbonyl (C=O) groups excluding carboxylic acids is 1. The number of fused-ring (bicyclic) bond motifs is 2. The van der Waals surface area contributed by atoms with Crippen LogP contribution in [0.2, 0.25) is 18.1 Å². The number of aromatic nitrogens is 1. The van der Waals surface area contributed by atoms with E-state index in [0.29, 0.717) is 6.04 Å². The van der Waals surface area contributed by atoms with Gasteiger partial charge in [0.05, 0.1) is 5.92 Å². The Morgan fingerprint density at radius 2 is 1.81 bits per heavy atom. The molecule has 0 spiro atoms. The van der Waals surface area contributed by atoms with Crippen LogP contribution in [0.5, 0.6) is 0 Å². The second-order valence-corrected chi connectivity index (χ2v) is 12.4. The van der Waals surface area contributed by atoms with Crippen LogP contribution in [0.1, 0.15) is 45.7 Å². The fourth-order valence-corrected chi connectivity index (χ4v) is 6.63. The Kier molecular flexibility index (Phi) is 8.17. The van der Waals surface area contributed by atoms with Crippen LogP contribution in [-0.4, -0.2) is 62.2 Å². The first-order chi connectivity index (χ1) is 15.0. The second-order valence-electron chi connectivity index (χ2n) is 8.75. The first-order valence-electron chi connectivity index (χ1n) is 12.1. The minimum Gasteiger partial charge on any atom is -0.361 e. The summed E-state index contributed by atoms with van der Waals surface area (Å²) in [4.78, 5) is 20.6. The number of H-pyrrole nitrogens is 1. The SMILES string of the molecule is CCN(CC)C(=O)[C@@H]1C=C2c3cccc4[nH]cc(c34)C[C@H]2N(C)C1.CC[Si](CC)CC. The van der Waals surface area contributed by atoms with Crippen molar-refractivity contribution in [3.8, 4) is 0 Å². The molecule has 1 amide bonds. The predicted molar refractivity (Wildman–Crippen MR) is 135 cm³/mol. The number of hydrogen-bond donors (Lipinski definition) is 1. The van der Waals surface area contributed by atoms with Crippen LogP contribution >= 0.6 is 0 Å². The molecule has 1 radical (unpaired) electrons. The molecule has 2 aliphatic rings. The molecular weight excluding hydrogens is 398 g/mol. The highest BCUT2D eigenvalue weighted by molar-refractivity contribution is 6.58. The lowest BCUT2D eigenvalue weighted by atomic mass is 9.79. The maximum absolute atomic E-state index is 12.9. The molecule has 2 heterocycles. The topological polar surface area (TPSA) is 39.3 Å². The number of nitrogens with zero attached hydrogens (tertiary/aromatic N) is 2. The molecule has 169 valence electrons. The third-order valence-corrected chi connectivity index (χ3v) is 10.2. The molecule has 0 fully saturated rings. The van der Waals surface area contributed by atoms with E-state index in [1.54, 1.807) is 0 Å². The minimum absolute atomic E-state index is 0.0445. The van der Waals surface area contributed by atoms with Crippen molar-refractivity contribution in [1.82, 2.24) is 14.8 Å². The molecule has 0 saturated heterocycles. The Balaban J connectivity index is 0.000000339. The van der Waals surface area contributed by atoms with E-state index in [4.69, 9.17) is 0 Å². The molecule has 1 aromatic heterocycles. The van der Waals surface area contributed by atoms with Gasteiger partial charge in [-0.05, 0) is 50.1 Å². The van der Waals surface area contributed by atoms with Gasteiger partial charge >= 0.3 is 0 Å². The minimum atomic E-state index is -0.0445. The average Bonchev–Trinajstić information content (AvgIpc) is 3.21. The maximum Gasteiger partial charge on any atom is 0.230 e. The summed E-state index contributed by atoms with van der Waals surface area (Å²) in [6.45, 7) is 13.4. The van der Waals surface area contributed by atoms with Crippen LogP contribution in [0.15, 0.2) is 30.5 Å². The summed E-state index contributed by atoms with van der Waals surface area (Å²) >= 11 is 0. The molecule has 1 N–H and O–H groups in total. The van der Waals surface area contributed by atoms with Crippen molar-refractivity contribution in [2.75, 3.05) is 26.7 Å². The number of aromatic amines is 1. The van der Waals surface area contributed by atoms with E-state index in [2.05, 4.69) is 82.0 Å². The fraction of sp³-hybridized carbons (Fsp3) is 0.577. The van der Waals surface area contributed by atoms with Gasteiger partial charge in [-0.3, -0.25) is 9.69 Å². The molecule has 2 atom stereocenters. The van der Waals surface area contributed by atoms with Gasteiger partial charge in [0, 0.05) is 51.6 Å². The molecule has 0 unspecified atom stereocenters. The first-order valence-corrected chi connectivity index (χ1v) is 14.2. The first kappa shape index (κ1) is 23.8. The lowest BCUT2D eigenvalue weighted by Crippen LogP contribution is -2.47. The van der Waals surface area contributed by atoms with Gasteiger partial charge < -0.3 is 9.88 Å². The van der Waals surface area contributed by atoms with Crippen molar-refractivity contribution >= 4 is 31.2 Å². The van der Waals surface area contributed by atoms with Gasteiger partial charge in [-0.25, -0.2) is 0 Å². The number of benzene rings is 1. The number of hydrogen-bond acceptors (Lipinski definition) is 2. The van der Waals surface area contributed by atoms with Crippen molar-refractivity contribution in [3.05, 3.63) is 41.6 Å². The van der Waals surface area contributed by atoms with Gasteiger partial charge in [0.15, 0.2) is 0 Å².